The van der Waals surface area contributed by atoms with Gasteiger partial charge in [0.1, 0.15) is 23.7 Å². The Morgan fingerprint density at radius 2 is 2.00 bits per heavy atom. The van der Waals surface area contributed by atoms with E-state index in [-0.39, 0.29) is 5.56 Å². The van der Waals surface area contributed by atoms with Crippen LogP contribution in [0.4, 0.5) is 13.6 Å². The molecule has 136 valence electrons. The van der Waals surface area contributed by atoms with Crippen LogP contribution < -0.4 is 10.6 Å². The van der Waals surface area contributed by atoms with Crippen molar-refractivity contribution in [3.8, 4) is 0 Å². The highest BCUT2D eigenvalue weighted by Gasteiger charge is 2.50. The van der Waals surface area contributed by atoms with Crippen LogP contribution in [0.1, 0.15) is 38.7 Å². The molecule has 1 atom stereocenters. The Balaban J connectivity index is 2.11. The molecule has 1 aromatic carbocycles. The quantitative estimate of drug-likeness (QED) is 0.582. The Hall–Kier alpha value is -2.51. The molecule has 0 bridgehead atoms. The summed E-state index contributed by atoms with van der Waals surface area (Å²) in [5.41, 5.74) is -2.04. The van der Waals surface area contributed by atoms with E-state index < -0.39 is 41.6 Å². The Labute approximate surface area is 144 Å². The molecular formula is C17H21F2N3O3. The zero-order valence-corrected chi connectivity index (χ0v) is 14.2. The topological polar surface area (TPSA) is 78.5 Å². The molecule has 8 heteroatoms. The number of amides is 4. The van der Waals surface area contributed by atoms with Crippen LogP contribution >= 0.6 is 0 Å². The third kappa shape index (κ3) is 3.94. The normalized spacial score (nSPS) is 19.9. The minimum atomic E-state index is -1.76. The number of hydrogen-bond donors (Lipinski definition) is 2. The van der Waals surface area contributed by atoms with Crippen LogP contribution in [0.15, 0.2) is 18.2 Å². The standard InChI is InChI=1S/C17H21F2N3O3/c1-3-4-5-8-20-14(23)10-22-15(24)17(2,21-16(22)25)12-9-11(18)6-7-13(12)19/h6-7,9H,3-5,8,10H2,1-2H3,(H,20,23)(H,21,25)/t17-/m0/s1. The van der Waals surface area contributed by atoms with Gasteiger partial charge in [-0.15, -0.1) is 0 Å². The molecule has 0 radical (unpaired) electrons. The predicted octanol–water partition coefficient (Wildman–Crippen LogP) is 2.04. The molecule has 0 saturated carbocycles. The molecule has 6 nitrogen and oxygen atoms in total. The number of rotatable bonds is 7. The van der Waals surface area contributed by atoms with Crippen molar-refractivity contribution < 1.29 is 23.2 Å². The van der Waals surface area contributed by atoms with Crippen molar-refractivity contribution in [1.29, 1.82) is 0 Å². The summed E-state index contributed by atoms with van der Waals surface area (Å²) in [5.74, 6) is -2.83. The Bertz CT molecular complexity index is 696. The number of urea groups is 1. The van der Waals surface area contributed by atoms with Gasteiger partial charge >= 0.3 is 6.03 Å². The predicted molar refractivity (Wildman–Crippen MR) is 86.5 cm³/mol. The van der Waals surface area contributed by atoms with Gasteiger partial charge in [-0.2, -0.15) is 0 Å². The van der Waals surface area contributed by atoms with Crippen molar-refractivity contribution in [2.24, 2.45) is 0 Å². The number of hydrogen-bond acceptors (Lipinski definition) is 3. The van der Waals surface area contributed by atoms with E-state index in [1.54, 1.807) is 0 Å². The molecular weight excluding hydrogens is 332 g/mol. The third-order valence-corrected chi connectivity index (χ3v) is 4.15. The lowest BCUT2D eigenvalue weighted by Gasteiger charge is -2.22. The van der Waals surface area contributed by atoms with Crippen molar-refractivity contribution in [2.45, 2.75) is 38.6 Å². The maximum absolute atomic E-state index is 14.0. The fourth-order valence-electron chi connectivity index (χ4n) is 2.71. The molecule has 1 fully saturated rings. The summed E-state index contributed by atoms with van der Waals surface area (Å²) in [6.07, 6.45) is 2.76. The summed E-state index contributed by atoms with van der Waals surface area (Å²) in [6.45, 7) is 3.29. The molecule has 4 amide bonds. The van der Waals surface area contributed by atoms with Crippen LogP contribution in [0.5, 0.6) is 0 Å². The number of imide groups is 1. The summed E-state index contributed by atoms with van der Waals surface area (Å²) >= 11 is 0. The van der Waals surface area contributed by atoms with Gasteiger partial charge in [-0.1, -0.05) is 19.8 Å². The van der Waals surface area contributed by atoms with Crippen molar-refractivity contribution in [3.05, 3.63) is 35.4 Å². The van der Waals surface area contributed by atoms with Gasteiger partial charge < -0.3 is 10.6 Å². The molecule has 1 aromatic rings. The number of halogens is 2. The summed E-state index contributed by atoms with van der Waals surface area (Å²) in [6, 6.07) is 1.85. The van der Waals surface area contributed by atoms with Crippen LogP contribution in [0.3, 0.4) is 0 Å². The number of benzene rings is 1. The van der Waals surface area contributed by atoms with Crippen molar-refractivity contribution >= 4 is 17.8 Å². The first-order valence-corrected chi connectivity index (χ1v) is 8.16. The molecule has 1 heterocycles. The molecule has 0 aromatic heterocycles. The number of unbranched alkanes of at least 4 members (excludes halogenated alkanes) is 2. The van der Waals surface area contributed by atoms with Crippen molar-refractivity contribution in [3.63, 3.8) is 0 Å². The Morgan fingerprint density at radius 1 is 1.28 bits per heavy atom. The maximum Gasteiger partial charge on any atom is 0.325 e. The smallest absolute Gasteiger partial charge is 0.325 e. The average Bonchev–Trinajstić information content (AvgIpc) is 2.78. The second-order valence-electron chi connectivity index (χ2n) is 6.13. The van der Waals surface area contributed by atoms with Crippen LogP contribution in [0.2, 0.25) is 0 Å². The molecule has 0 unspecified atom stereocenters. The molecule has 2 N–H and O–H groups in total. The first kappa shape index (κ1) is 18.8. The van der Waals surface area contributed by atoms with Gasteiger partial charge in [0.25, 0.3) is 5.91 Å². The zero-order valence-electron chi connectivity index (χ0n) is 14.2. The number of carbonyl (C=O) groups is 3. The monoisotopic (exact) mass is 353 g/mol. The first-order valence-electron chi connectivity index (χ1n) is 8.16. The van der Waals surface area contributed by atoms with Crippen LogP contribution in [0, 0.1) is 11.6 Å². The number of nitrogens with one attached hydrogen (secondary N) is 2. The lowest BCUT2D eigenvalue weighted by Crippen LogP contribution is -2.43. The Morgan fingerprint density at radius 3 is 2.68 bits per heavy atom. The van der Waals surface area contributed by atoms with E-state index in [1.807, 2.05) is 6.92 Å². The van der Waals surface area contributed by atoms with E-state index in [0.717, 1.165) is 37.5 Å². The summed E-state index contributed by atoms with van der Waals surface area (Å²) in [4.78, 5) is 37.3. The highest BCUT2D eigenvalue weighted by Crippen LogP contribution is 2.31. The lowest BCUT2D eigenvalue weighted by molar-refractivity contribution is -0.134. The van der Waals surface area contributed by atoms with Crippen LogP contribution in [0.25, 0.3) is 0 Å². The van der Waals surface area contributed by atoms with E-state index in [2.05, 4.69) is 10.6 Å². The summed E-state index contributed by atoms with van der Waals surface area (Å²) < 4.78 is 27.5. The fraction of sp³-hybridized carbons (Fsp3) is 0.471. The molecule has 1 saturated heterocycles. The lowest BCUT2D eigenvalue weighted by atomic mass is 9.91. The SMILES string of the molecule is CCCCCNC(=O)CN1C(=O)N[C@@](C)(c2cc(F)ccc2F)C1=O. The highest BCUT2D eigenvalue weighted by atomic mass is 19.1. The van der Waals surface area contributed by atoms with E-state index in [4.69, 9.17) is 0 Å². The van der Waals surface area contributed by atoms with E-state index in [1.165, 1.54) is 6.92 Å². The second-order valence-corrected chi connectivity index (χ2v) is 6.13. The van der Waals surface area contributed by atoms with E-state index >= 15 is 0 Å². The maximum atomic E-state index is 14.0. The van der Waals surface area contributed by atoms with Gasteiger partial charge in [-0.05, 0) is 31.5 Å². The fourth-order valence-corrected chi connectivity index (χ4v) is 2.71. The van der Waals surface area contributed by atoms with Crippen LogP contribution in [-0.4, -0.2) is 35.8 Å². The van der Waals surface area contributed by atoms with Gasteiger partial charge in [-0.25, -0.2) is 13.6 Å². The number of carbonyl (C=O) groups excluding carboxylic acids is 3. The largest absolute Gasteiger partial charge is 0.355 e. The third-order valence-electron chi connectivity index (χ3n) is 4.15. The first-order chi connectivity index (χ1) is 11.8. The zero-order chi connectivity index (χ0) is 18.6. The molecule has 1 aliphatic rings. The summed E-state index contributed by atoms with van der Waals surface area (Å²) in [5, 5.41) is 4.97. The van der Waals surface area contributed by atoms with Crippen LogP contribution in [-0.2, 0) is 15.1 Å². The molecule has 1 aliphatic heterocycles. The molecule has 0 spiro atoms. The van der Waals surface area contributed by atoms with E-state index in [9.17, 15) is 23.2 Å². The molecule has 0 aliphatic carbocycles. The van der Waals surface area contributed by atoms with Crippen molar-refractivity contribution in [2.75, 3.05) is 13.1 Å². The van der Waals surface area contributed by atoms with E-state index in [0.29, 0.717) is 11.4 Å². The average molecular weight is 353 g/mol. The summed E-state index contributed by atoms with van der Waals surface area (Å²) in [7, 11) is 0. The van der Waals surface area contributed by atoms with Gasteiger partial charge in [0.2, 0.25) is 5.91 Å². The van der Waals surface area contributed by atoms with Gasteiger partial charge in [0.05, 0.1) is 0 Å². The van der Waals surface area contributed by atoms with Gasteiger partial charge in [-0.3, -0.25) is 14.5 Å². The highest BCUT2D eigenvalue weighted by molar-refractivity contribution is 6.09. The minimum absolute atomic E-state index is 0.281. The molecule has 2 rings (SSSR count). The second kappa shape index (κ2) is 7.58. The molecule has 25 heavy (non-hydrogen) atoms. The Kier molecular flexibility index (Phi) is 5.71. The van der Waals surface area contributed by atoms with Gasteiger partial charge in [0.15, 0.2) is 0 Å². The minimum Gasteiger partial charge on any atom is -0.355 e. The van der Waals surface area contributed by atoms with Gasteiger partial charge in [0, 0.05) is 12.1 Å². The number of nitrogens with zero attached hydrogens (tertiary/aromatic N) is 1. The van der Waals surface area contributed by atoms with Crippen molar-refractivity contribution in [1.82, 2.24) is 15.5 Å².